The molecule has 9 nitrogen and oxygen atoms in total. The zero-order chi connectivity index (χ0) is 20.8. The van der Waals surface area contributed by atoms with Gasteiger partial charge < -0.3 is 15.4 Å². The van der Waals surface area contributed by atoms with Gasteiger partial charge in [-0.3, -0.25) is 4.79 Å². The fourth-order valence-electron chi connectivity index (χ4n) is 2.59. The lowest BCUT2D eigenvalue weighted by Gasteiger charge is -2.14. The Hall–Kier alpha value is -3.40. The number of rotatable bonds is 7. The van der Waals surface area contributed by atoms with Crippen molar-refractivity contribution in [2.45, 2.75) is 25.0 Å². The Labute approximate surface area is 172 Å². The molecular formula is C19H20N6O3S. The number of benzene rings is 2. The van der Waals surface area contributed by atoms with E-state index in [0.29, 0.717) is 34.4 Å². The molecule has 2 N–H and O–H groups in total. The minimum absolute atomic E-state index is 0.294. The summed E-state index contributed by atoms with van der Waals surface area (Å²) >= 11 is 4.19. The van der Waals surface area contributed by atoms with Crippen LogP contribution in [0.3, 0.4) is 0 Å². The molecule has 0 aliphatic heterocycles. The fraction of sp³-hybridized carbons (Fsp3) is 0.211. The number of carbonyl (C=O) groups is 2. The van der Waals surface area contributed by atoms with Gasteiger partial charge in [0, 0.05) is 16.9 Å². The Morgan fingerprint density at radius 1 is 1.17 bits per heavy atom. The first-order chi connectivity index (χ1) is 14.0. The van der Waals surface area contributed by atoms with Gasteiger partial charge in [-0.05, 0) is 60.7 Å². The molecule has 0 saturated carbocycles. The molecule has 1 amide bonds. The number of hydrogen-bond donors (Lipinski definition) is 3. The molecule has 1 atom stereocenters. The zero-order valence-electron chi connectivity index (χ0n) is 15.9. The minimum atomic E-state index is -0.531. The van der Waals surface area contributed by atoms with Crippen LogP contribution in [0.25, 0.3) is 5.69 Å². The van der Waals surface area contributed by atoms with Crippen LogP contribution in [-0.2, 0) is 9.53 Å². The van der Waals surface area contributed by atoms with Gasteiger partial charge in [-0.1, -0.05) is 12.1 Å². The van der Waals surface area contributed by atoms with Crippen molar-refractivity contribution in [2.24, 2.45) is 0 Å². The van der Waals surface area contributed by atoms with Crippen LogP contribution >= 0.6 is 12.6 Å². The second-order valence-electron chi connectivity index (χ2n) is 6.09. The Balaban J connectivity index is 1.72. The molecule has 0 aliphatic rings. The molecule has 0 saturated heterocycles. The summed E-state index contributed by atoms with van der Waals surface area (Å²) in [6.07, 6.45) is 0. The molecule has 3 rings (SSSR count). The van der Waals surface area contributed by atoms with E-state index in [9.17, 15) is 9.59 Å². The maximum absolute atomic E-state index is 12.7. The van der Waals surface area contributed by atoms with Gasteiger partial charge in [-0.2, -0.15) is 4.68 Å². The smallest absolute Gasteiger partial charge is 0.328 e. The second-order valence-corrected chi connectivity index (χ2v) is 6.49. The SMILES string of the molecule is CCOC(=O)C(C)Nc1cccc(C(=O)Nc2cccc(-n3nnnc3S)c2)c1. The molecule has 0 radical (unpaired) electrons. The van der Waals surface area contributed by atoms with Gasteiger partial charge in [-0.25, -0.2) is 4.79 Å². The number of carbonyl (C=O) groups excluding carboxylic acids is 2. The van der Waals surface area contributed by atoms with Gasteiger partial charge >= 0.3 is 5.97 Å². The van der Waals surface area contributed by atoms with Crippen LogP contribution < -0.4 is 10.6 Å². The standard InChI is InChI=1S/C19H20N6O3S/c1-3-28-18(27)12(2)20-14-7-4-6-13(10-14)17(26)21-15-8-5-9-16(11-15)25-19(29)22-23-24-25/h4-12,20H,3H2,1-2H3,(H,21,26)(H,22,24,29). The maximum Gasteiger partial charge on any atom is 0.328 e. The third kappa shape index (κ3) is 5.11. The van der Waals surface area contributed by atoms with Crippen molar-refractivity contribution < 1.29 is 14.3 Å². The van der Waals surface area contributed by atoms with Gasteiger partial charge in [-0.15, -0.1) is 17.7 Å². The largest absolute Gasteiger partial charge is 0.464 e. The summed E-state index contributed by atoms with van der Waals surface area (Å²) in [5, 5.41) is 17.3. The normalized spacial score (nSPS) is 11.6. The fourth-order valence-corrected chi connectivity index (χ4v) is 2.79. The molecule has 1 heterocycles. The van der Waals surface area contributed by atoms with E-state index in [1.54, 1.807) is 62.4 Å². The van der Waals surface area contributed by atoms with E-state index in [2.05, 4.69) is 38.8 Å². The van der Waals surface area contributed by atoms with E-state index in [1.807, 2.05) is 0 Å². The molecule has 0 bridgehead atoms. The Kier molecular flexibility index (Phi) is 6.45. The number of anilines is 2. The van der Waals surface area contributed by atoms with Crippen molar-refractivity contribution in [3.63, 3.8) is 0 Å². The third-order valence-corrected chi connectivity index (χ3v) is 4.23. The summed E-state index contributed by atoms with van der Waals surface area (Å²) in [7, 11) is 0. The van der Waals surface area contributed by atoms with Crippen LogP contribution in [0.4, 0.5) is 11.4 Å². The highest BCUT2D eigenvalue weighted by Gasteiger charge is 2.15. The van der Waals surface area contributed by atoms with Crippen molar-refractivity contribution in [3.8, 4) is 5.69 Å². The van der Waals surface area contributed by atoms with Gasteiger partial charge in [0.25, 0.3) is 5.91 Å². The predicted molar refractivity (Wildman–Crippen MR) is 111 cm³/mol. The lowest BCUT2D eigenvalue weighted by molar-refractivity contribution is -0.143. The van der Waals surface area contributed by atoms with E-state index in [4.69, 9.17) is 4.74 Å². The summed E-state index contributed by atoms with van der Waals surface area (Å²) in [4.78, 5) is 24.4. The Morgan fingerprint density at radius 3 is 2.66 bits per heavy atom. The number of hydrogen-bond acceptors (Lipinski definition) is 8. The van der Waals surface area contributed by atoms with Gasteiger partial charge in [0.1, 0.15) is 6.04 Å². The summed E-state index contributed by atoms with van der Waals surface area (Å²) in [6.45, 7) is 3.76. The molecule has 1 aromatic heterocycles. The summed E-state index contributed by atoms with van der Waals surface area (Å²) in [5.41, 5.74) is 2.32. The Bertz CT molecular complexity index is 1020. The quantitative estimate of drug-likeness (QED) is 0.404. The molecule has 2 aromatic carbocycles. The highest BCUT2D eigenvalue weighted by atomic mass is 32.1. The lowest BCUT2D eigenvalue weighted by atomic mass is 10.1. The molecule has 0 aliphatic carbocycles. The molecule has 0 fully saturated rings. The summed E-state index contributed by atoms with van der Waals surface area (Å²) in [6, 6.07) is 13.4. The lowest BCUT2D eigenvalue weighted by Crippen LogP contribution is -2.28. The molecule has 29 heavy (non-hydrogen) atoms. The van der Waals surface area contributed by atoms with E-state index in [-0.39, 0.29) is 11.9 Å². The van der Waals surface area contributed by atoms with Gasteiger partial charge in [0.15, 0.2) is 0 Å². The van der Waals surface area contributed by atoms with Crippen LogP contribution in [0.1, 0.15) is 24.2 Å². The van der Waals surface area contributed by atoms with E-state index < -0.39 is 6.04 Å². The van der Waals surface area contributed by atoms with E-state index in [1.165, 1.54) is 4.68 Å². The average molecular weight is 412 g/mol. The highest BCUT2D eigenvalue weighted by molar-refractivity contribution is 7.80. The molecule has 150 valence electrons. The molecular weight excluding hydrogens is 392 g/mol. The number of tetrazole rings is 1. The molecule has 1 unspecified atom stereocenters. The first kappa shape index (κ1) is 20.3. The van der Waals surface area contributed by atoms with E-state index in [0.717, 1.165) is 0 Å². The topological polar surface area (TPSA) is 111 Å². The third-order valence-electron chi connectivity index (χ3n) is 3.95. The number of aromatic nitrogens is 4. The van der Waals surface area contributed by atoms with Gasteiger partial charge in [0.2, 0.25) is 5.16 Å². The first-order valence-corrected chi connectivity index (χ1v) is 9.35. The first-order valence-electron chi connectivity index (χ1n) is 8.90. The number of amides is 1. The van der Waals surface area contributed by atoms with Crippen molar-refractivity contribution in [3.05, 3.63) is 54.1 Å². The molecule has 10 heteroatoms. The number of esters is 1. The molecule has 3 aromatic rings. The minimum Gasteiger partial charge on any atom is -0.464 e. The van der Waals surface area contributed by atoms with Crippen LogP contribution in [0.5, 0.6) is 0 Å². The number of nitrogens with one attached hydrogen (secondary N) is 2. The summed E-state index contributed by atoms with van der Waals surface area (Å²) in [5.74, 6) is -0.650. The zero-order valence-corrected chi connectivity index (χ0v) is 16.8. The van der Waals surface area contributed by atoms with E-state index >= 15 is 0 Å². The monoisotopic (exact) mass is 412 g/mol. The van der Waals surface area contributed by atoms with Crippen LogP contribution in [-0.4, -0.2) is 44.7 Å². The number of ether oxygens (including phenoxy) is 1. The number of nitrogens with zero attached hydrogens (tertiary/aromatic N) is 4. The van der Waals surface area contributed by atoms with Crippen molar-refractivity contribution in [1.82, 2.24) is 20.2 Å². The Morgan fingerprint density at radius 2 is 1.93 bits per heavy atom. The van der Waals surface area contributed by atoms with Crippen LogP contribution in [0.2, 0.25) is 0 Å². The molecule has 0 spiro atoms. The average Bonchev–Trinajstić information content (AvgIpc) is 3.14. The van der Waals surface area contributed by atoms with Crippen LogP contribution in [0, 0.1) is 0 Å². The predicted octanol–water partition coefficient (Wildman–Crippen LogP) is 2.57. The van der Waals surface area contributed by atoms with Crippen LogP contribution in [0.15, 0.2) is 53.7 Å². The maximum atomic E-state index is 12.7. The van der Waals surface area contributed by atoms with Crippen molar-refractivity contribution >= 4 is 35.9 Å². The van der Waals surface area contributed by atoms with Gasteiger partial charge in [0.05, 0.1) is 12.3 Å². The highest BCUT2D eigenvalue weighted by Crippen LogP contribution is 2.18. The van der Waals surface area contributed by atoms with Crippen molar-refractivity contribution in [1.29, 1.82) is 0 Å². The second kappa shape index (κ2) is 9.20. The number of thiol groups is 1. The van der Waals surface area contributed by atoms with Crippen molar-refractivity contribution in [2.75, 3.05) is 17.2 Å². The summed E-state index contributed by atoms with van der Waals surface area (Å²) < 4.78 is 6.43.